The number of nitrogens with zero attached hydrogens (tertiary/aromatic N) is 1. The molecule has 0 spiro atoms. The van der Waals surface area contributed by atoms with Crippen LogP contribution in [0.5, 0.6) is 0 Å². The molecular formula is C22H24ClN3O. The zero-order valence-electron chi connectivity index (χ0n) is 15.7. The van der Waals surface area contributed by atoms with E-state index in [1.165, 1.54) is 16.7 Å². The molecule has 27 heavy (non-hydrogen) atoms. The molecule has 1 unspecified atom stereocenters. The normalized spacial score (nSPS) is 16.6. The number of hydrogen-bond donors (Lipinski definition) is 2. The lowest BCUT2D eigenvalue weighted by atomic mass is 9.90. The number of H-pyrrole nitrogens is 1. The van der Waals surface area contributed by atoms with Crippen LogP contribution in [-0.2, 0) is 11.2 Å². The second kappa shape index (κ2) is 7.02. The zero-order chi connectivity index (χ0) is 19.1. The van der Waals surface area contributed by atoms with Crippen molar-refractivity contribution in [3.8, 4) is 0 Å². The fourth-order valence-electron chi connectivity index (χ4n) is 4.31. The summed E-state index contributed by atoms with van der Waals surface area (Å²) >= 11 is 6.24. The van der Waals surface area contributed by atoms with E-state index in [1.54, 1.807) is 0 Å². The zero-order valence-corrected chi connectivity index (χ0v) is 16.4. The SMILES string of the molecule is Cc1cc(C)cc(C2c3[nH]c4ccc(Cl)cc4c3CCN2C(=O)CCN)c1. The predicted octanol–water partition coefficient (Wildman–Crippen LogP) is 4.26. The van der Waals surface area contributed by atoms with Gasteiger partial charge >= 0.3 is 0 Å². The van der Waals surface area contributed by atoms with Crippen LogP contribution in [0.4, 0.5) is 0 Å². The van der Waals surface area contributed by atoms with Crippen molar-refractivity contribution in [2.75, 3.05) is 13.1 Å². The summed E-state index contributed by atoms with van der Waals surface area (Å²) in [4.78, 5) is 18.4. The fraction of sp³-hybridized carbons (Fsp3) is 0.318. The van der Waals surface area contributed by atoms with Crippen molar-refractivity contribution < 1.29 is 4.79 Å². The lowest BCUT2D eigenvalue weighted by Gasteiger charge is -2.36. The Morgan fingerprint density at radius 3 is 2.67 bits per heavy atom. The minimum atomic E-state index is -0.127. The highest BCUT2D eigenvalue weighted by Crippen LogP contribution is 2.39. The highest BCUT2D eigenvalue weighted by atomic mass is 35.5. The molecule has 4 nitrogen and oxygen atoms in total. The molecule has 1 aliphatic heterocycles. The molecule has 0 saturated heterocycles. The van der Waals surface area contributed by atoms with Gasteiger partial charge in [0.1, 0.15) is 0 Å². The third-order valence-electron chi connectivity index (χ3n) is 5.33. The first-order chi connectivity index (χ1) is 13.0. The first-order valence-electron chi connectivity index (χ1n) is 9.35. The molecule has 0 aliphatic carbocycles. The average molecular weight is 382 g/mol. The maximum absolute atomic E-state index is 12.8. The Morgan fingerprint density at radius 2 is 1.96 bits per heavy atom. The third-order valence-corrected chi connectivity index (χ3v) is 5.56. The van der Waals surface area contributed by atoms with Crippen molar-refractivity contribution in [1.82, 2.24) is 9.88 Å². The lowest BCUT2D eigenvalue weighted by Crippen LogP contribution is -2.41. The summed E-state index contributed by atoms with van der Waals surface area (Å²) in [6.07, 6.45) is 1.18. The van der Waals surface area contributed by atoms with Gasteiger partial charge in [0.05, 0.1) is 6.04 Å². The van der Waals surface area contributed by atoms with E-state index in [-0.39, 0.29) is 11.9 Å². The Labute approximate surface area is 164 Å². The number of hydrogen-bond acceptors (Lipinski definition) is 2. The number of nitrogens with one attached hydrogen (secondary N) is 1. The summed E-state index contributed by atoms with van der Waals surface area (Å²) in [5.74, 6) is 0.101. The van der Waals surface area contributed by atoms with E-state index in [0.29, 0.717) is 19.5 Å². The molecule has 2 aromatic carbocycles. The third kappa shape index (κ3) is 3.24. The Bertz CT molecular complexity index is 1000. The number of halogens is 1. The second-order valence-electron chi connectivity index (χ2n) is 7.41. The number of carbonyl (C=O) groups excluding carboxylic acids is 1. The number of benzene rings is 2. The van der Waals surface area contributed by atoms with Gasteiger partial charge in [-0.1, -0.05) is 40.9 Å². The van der Waals surface area contributed by atoms with Gasteiger partial charge in [-0.05, 0) is 49.6 Å². The molecule has 1 amide bonds. The van der Waals surface area contributed by atoms with Gasteiger partial charge in [0, 0.05) is 41.1 Å². The van der Waals surface area contributed by atoms with E-state index in [2.05, 4.69) is 37.0 Å². The van der Waals surface area contributed by atoms with Crippen LogP contribution in [-0.4, -0.2) is 28.9 Å². The van der Waals surface area contributed by atoms with Gasteiger partial charge in [-0.25, -0.2) is 0 Å². The van der Waals surface area contributed by atoms with E-state index in [0.717, 1.165) is 33.6 Å². The summed E-state index contributed by atoms with van der Waals surface area (Å²) in [5.41, 5.74) is 12.6. The molecule has 140 valence electrons. The second-order valence-corrected chi connectivity index (χ2v) is 7.84. The number of nitrogens with two attached hydrogens (primary N) is 1. The van der Waals surface area contributed by atoms with Crippen molar-refractivity contribution in [3.63, 3.8) is 0 Å². The highest BCUT2D eigenvalue weighted by Gasteiger charge is 2.34. The Morgan fingerprint density at radius 1 is 1.22 bits per heavy atom. The van der Waals surface area contributed by atoms with Crippen molar-refractivity contribution in [2.45, 2.75) is 32.7 Å². The highest BCUT2D eigenvalue weighted by molar-refractivity contribution is 6.31. The molecule has 3 aromatic rings. The number of aromatic nitrogens is 1. The van der Waals surface area contributed by atoms with Gasteiger partial charge in [-0.3, -0.25) is 4.79 Å². The van der Waals surface area contributed by atoms with Crippen LogP contribution in [0.1, 0.15) is 40.4 Å². The van der Waals surface area contributed by atoms with Gasteiger partial charge in [0.2, 0.25) is 5.91 Å². The molecule has 4 rings (SSSR count). The number of fused-ring (bicyclic) bond motifs is 3. The smallest absolute Gasteiger partial charge is 0.224 e. The molecule has 0 radical (unpaired) electrons. The lowest BCUT2D eigenvalue weighted by molar-refractivity contribution is -0.133. The quantitative estimate of drug-likeness (QED) is 0.712. The van der Waals surface area contributed by atoms with Crippen molar-refractivity contribution in [2.24, 2.45) is 5.73 Å². The van der Waals surface area contributed by atoms with E-state index < -0.39 is 0 Å². The van der Waals surface area contributed by atoms with Gasteiger partial charge in [-0.15, -0.1) is 0 Å². The standard InChI is InChI=1S/C22H24ClN3O/c1-13-9-14(2)11-15(10-13)22-21-17(6-8-26(22)20(27)5-7-24)18-12-16(23)3-4-19(18)25-21/h3-4,9-12,22,25H,5-8,24H2,1-2H3. The molecule has 3 N–H and O–H groups in total. The summed E-state index contributed by atoms with van der Waals surface area (Å²) in [5, 5.41) is 1.88. The summed E-state index contributed by atoms with van der Waals surface area (Å²) in [6, 6.07) is 12.3. The minimum Gasteiger partial charge on any atom is -0.356 e. The summed E-state index contributed by atoms with van der Waals surface area (Å²) in [6.45, 7) is 5.24. The number of amides is 1. The average Bonchev–Trinajstić information content (AvgIpc) is 2.98. The van der Waals surface area contributed by atoms with Gasteiger partial charge < -0.3 is 15.6 Å². The van der Waals surface area contributed by atoms with Crippen LogP contribution in [0.25, 0.3) is 10.9 Å². The Kier molecular flexibility index (Phi) is 4.70. The van der Waals surface area contributed by atoms with Crippen LogP contribution >= 0.6 is 11.6 Å². The summed E-state index contributed by atoms with van der Waals surface area (Å²) < 4.78 is 0. The van der Waals surface area contributed by atoms with Crippen molar-refractivity contribution in [3.05, 3.63) is 69.4 Å². The van der Waals surface area contributed by atoms with E-state index in [1.807, 2.05) is 23.1 Å². The predicted molar refractivity (Wildman–Crippen MR) is 110 cm³/mol. The van der Waals surface area contributed by atoms with Crippen molar-refractivity contribution in [1.29, 1.82) is 0 Å². The first kappa shape index (κ1) is 18.1. The molecule has 5 heteroatoms. The van der Waals surface area contributed by atoms with Gasteiger partial charge in [-0.2, -0.15) is 0 Å². The van der Waals surface area contributed by atoms with Crippen LogP contribution in [0.15, 0.2) is 36.4 Å². The van der Waals surface area contributed by atoms with Crippen LogP contribution in [0, 0.1) is 13.8 Å². The fourth-order valence-corrected chi connectivity index (χ4v) is 4.48. The number of aryl methyl sites for hydroxylation is 2. The van der Waals surface area contributed by atoms with E-state index in [9.17, 15) is 4.79 Å². The molecule has 0 bridgehead atoms. The molecule has 2 heterocycles. The largest absolute Gasteiger partial charge is 0.356 e. The number of carbonyl (C=O) groups is 1. The van der Waals surface area contributed by atoms with E-state index >= 15 is 0 Å². The molecule has 1 aliphatic rings. The van der Waals surface area contributed by atoms with Gasteiger partial charge in [0.15, 0.2) is 0 Å². The monoisotopic (exact) mass is 381 g/mol. The maximum Gasteiger partial charge on any atom is 0.224 e. The molecule has 1 aromatic heterocycles. The minimum absolute atomic E-state index is 0.101. The molecule has 1 atom stereocenters. The van der Waals surface area contributed by atoms with E-state index in [4.69, 9.17) is 17.3 Å². The maximum atomic E-state index is 12.8. The Balaban J connectivity index is 1.91. The van der Waals surface area contributed by atoms with Gasteiger partial charge in [0.25, 0.3) is 0 Å². The van der Waals surface area contributed by atoms with Crippen molar-refractivity contribution >= 4 is 28.4 Å². The number of rotatable bonds is 3. The molecule has 0 saturated carbocycles. The van der Waals surface area contributed by atoms with Crippen LogP contribution in [0.3, 0.4) is 0 Å². The molecular weight excluding hydrogens is 358 g/mol. The van der Waals surface area contributed by atoms with Crippen LogP contribution < -0.4 is 5.73 Å². The molecule has 0 fully saturated rings. The number of aromatic amines is 1. The summed E-state index contributed by atoms with van der Waals surface area (Å²) in [7, 11) is 0. The Hall–Kier alpha value is -2.30. The van der Waals surface area contributed by atoms with Crippen LogP contribution in [0.2, 0.25) is 5.02 Å². The topological polar surface area (TPSA) is 62.1 Å². The first-order valence-corrected chi connectivity index (χ1v) is 9.73.